The summed E-state index contributed by atoms with van der Waals surface area (Å²) in [5.74, 6) is 0.576. The maximum Gasteiger partial charge on any atom is 0.407 e. The van der Waals surface area contributed by atoms with Crippen LogP contribution in [0.3, 0.4) is 0 Å². The van der Waals surface area contributed by atoms with E-state index in [0.29, 0.717) is 12.4 Å². The van der Waals surface area contributed by atoms with Crippen LogP contribution in [0.1, 0.15) is 47.1 Å². The second-order valence-electron chi connectivity index (χ2n) is 13.2. The smallest absolute Gasteiger partial charge is 0.407 e. The van der Waals surface area contributed by atoms with Crippen molar-refractivity contribution in [2.75, 3.05) is 12.4 Å². The van der Waals surface area contributed by atoms with Gasteiger partial charge in [0.2, 0.25) is 0 Å². The van der Waals surface area contributed by atoms with Gasteiger partial charge in [0.1, 0.15) is 11.7 Å². The van der Waals surface area contributed by atoms with Crippen molar-refractivity contribution in [1.29, 1.82) is 0 Å². The number of carbonyl (C=O) groups excluding carboxylic acids is 1. The Morgan fingerprint density at radius 3 is 1.71 bits per heavy atom. The lowest BCUT2D eigenvalue weighted by Crippen LogP contribution is -2.67. The normalized spacial score (nSPS) is 13.6. The average Bonchev–Trinajstić information content (AvgIpc) is 3.01. The lowest BCUT2D eigenvalue weighted by atomic mass is 10.2. The predicted octanol–water partition coefficient (Wildman–Crippen LogP) is 7.83. The fraction of sp³-hybridized carbons (Fsp3) is 0.342. The van der Waals surface area contributed by atoms with Crippen LogP contribution in [0, 0.1) is 0 Å². The SMILES string of the molecule is CC(C)(C)OC(=O)N[C@H](CSc1ccccc1)[C@H](CO[Si](c1ccccc1)(c1ccccc1)C(C)(C)C)OCc1ccccc1. The van der Waals surface area contributed by atoms with Crippen molar-refractivity contribution in [2.45, 2.75) is 75.8 Å². The standard InChI is InChI=1S/C38H47NO4SSi/c1-37(2,3)43-36(40)39-34(29-44-31-21-13-8-14-22-31)35(41-27-30-19-11-7-12-20-30)28-42-45(38(4,5)6,32-23-15-9-16-24-32)33-25-17-10-18-26-33/h7-26,34-35H,27-29H2,1-6H3,(H,39,40)/t34-,35+/m1/s1. The first kappa shape index (κ1) is 34.5. The molecule has 0 fully saturated rings. The Labute approximate surface area is 274 Å². The quantitative estimate of drug-likeness (QED) is 0.119. The van der Waals surface area contributed by atoms with E-state index in [-0.39, 0.29) is 11.6 Å². The molecule has 4 aromatic carbocycles. The molecule has 2 atom stereocenters. The monoisotopic (exact) mass is 641 g/mol. The van der Waals surface area contributed by atoms with Crippen LogP contribution in [0.15, 0.2) is 126 Å². The van der Waals surface area contributed by atoms with Crippen molar-refractivity contribution < 1.29 is 18.7 Å². The fourth-order valence-electron chi connectivity index (χ4n) is 5.43. The Balaban J connectivity index is 1.73. The summed E-state index contributed by atoms with van der Waals surface area (Å²) in [6.07, 6.45) is -0.935. The fourth-order valence-corrected chi connectivity index (χ4v) is 11.0. The number of alkyl carbamates (subject to hydrolysis) is 1. The summed E-state index contributed by atoms with van der Waals surface area (Å²) in [6.45, 7) is 13.1. The van der Waals surface area contributed by atoms with E-state index in [4.69, 9.17) is 13.9 Å². The Morgan fingerprint density at radius 2 is 1.22 bits per heavy atom. The first-order valence-corrected chi connectivity index (χ1v) is 18.5. The molecule has 4 rings (SSSR count). The lowest BCUT2D eigenvalue weighted by Gasteiger charge is -2.44. The van der Waals surface area contributed by atoms with Gasteiger partial charge < -0.3 is 19.2 Å². The molecule has 238 valence electrons. The van der Waals surface area contributed by atoms with Crippen molar-refractivity contribution in [2.24, 2.45) is 0 Å². The first-order chi connectivity index (χ1) is 21.5. The van der Waals surface area contributed by atoms with Gasteiger partial charge in [-0.1, -0.05) is 130 Å². The number of hydrogen-bond acceptors (Lipinski definition) is 5. The van der Waals surface area contributed by atoms with Gasteiger partial charge in [0, 0.05) is 10.6 Å². The van der Waals surface area contributed by atoms with E-state index in [0.717, 1.165) is 10.5 Å². The van der Waals surface area contributed by atoms with Gasteiger partial charge >= 0.3 is 6.09 Å². The third-order valence-electron chi connectivity index (χ3n) is 7.51. The van der Waals surface area contributed by atoms with E-state index in [1.165, 1.54) is 10.4 Å². The van der Waals surface area contributed by atoms with Crippen LogP contribution in [-0.4, -0.2) is 44.5 Å². The molecule has 0 heterocycles. The van der Waals surface area contributed by atoms with Gasteiger partial charge in [-0.25, -0.2) is 4.79 Å². The Bertz CT molecular complexity index is 1400. The second-order valence-corrected chi connectivity index (χ2v) is 18.6. The number of carbonyl (C=O) groups is 1. The van der Waals surface area contributed by atoms with Gasteiger partial charge in [-0.3, -0.25) is 0 Å². The van der Waals surface area contributed by atoms with Crippen LogP contribution >= 0.6 is 11.8 Å². The molecule has 5 nitrogen and oxygen atoms in total. The highest BCUT2D eigenvalue weighted by molar-refractivity contribution is 7.99. The van der Waals surface area contributed by atoms with E-state index in [1.54, 1.807) is 11.8 Å². The van der Waals surface area contributed by atoms with Crippen molar-refractivity contribution in [3.05, 3.63) is 127 Å². The van der Waals surface area contributed by atoms with Crippen LogP contribution in [0.2, 0.25) is 5.04 Å². The number of thioether (sulfide) groups is 1. The third-order valence-corrected chi connectivity index (χ3v) is 13.6. The van der Waals surface area contributed by atoms with E-state index < -0.39 is 32.2 Å². The summed E-state index contributed by atoms with van der Waals surface area (Å²) < 4.78 is 19.8. The number of hydrogen-bond donors (Lipinski definition) is 1. The molecule has 0 aliphatic carbocycles. The molecule has 1 amide bonds. The van der Waals surface area contributed by atoms with E-state index >= 15 is 0 Å². The van der Waals surface area contributed by atoms with Crippen LogP contribution in [0.4, 0.5) is 4.79 Å². The average molecular weight is 642 g/mol. The topological polar surface area (TPSA) is 56.8 Å². The zero-order valence-electron chi connectivity index (χ0n) is 27.4. The van der Waals surface area contributed by atoms with Crippen molar-refractivity contribution in [3.63, 3.8) is 0 Å². The summed E-state index contributed by atoms with van der Waals surface area (Å²) in [6, 6.07) is 41.1. The number of nitrogens with one attached hydrogen (secondary N) is 1. The molecule has 0 aliphatic rings. The minimum absolute atomic E-state index is 0.202. The molecule has 1 N–H and O–H groups in total. The van der Waals surface area contributed by atoms with Gasteiger partial charge in [-0.05, 0) is 53.9 Å². The predicted molar refractivity (Wildman–Crippen MR) is 189 cm³/mol. The number of benzene rings is 4. The zero-order chi connectivity index (χ0) is 32.3. The minimum atomic E-state index is -2.86. The molecule has 0 aromatic heterocycles. The van der Waals surface area contributed by atoms with Crippen LogP contribution in [0.5, 0.6) is 0 Å². The third kappa shape index (κ3) is 9.81. The van der Waals surface area contributed by atoms with E-state index in [9.17, 15) is 4.79 Å². The molecule has 0 spiro atoms. The zero-order valence-corrected chi connectivity index (χ0v) is 29.2. The van der Waals surface area contributed by atoms with Crippen molar-refractivity contribution >= 4 is 36.5 Å². The van der Waals surface area contributed by atoms with Crippen molar-refractivity contribution in [3.8, 4) is 0 Å². The molecule has 0 unspecified atom stereocenters. The molecular formula is C38H47NO4SSi. The van der Waals surface area contributed by atoms with Crippen molar-refractivity contribution in [1.82, 2.24) is 5.32 Å². The van der Waals surface area contributed by atoms with Gasteiger partial charge in [0.15, 0.2) is 0 Å². The molecule has 0 aliphatic heterocycles. The highest BCUT2D eigenvalue weighted by atomic mass is 32.2. The molecule has 0 saturated heterocycles. The Hall–Kier alpha value is -3.36. The first-order valence-electron chi connectivity index (χ1n) is 15.6. The molecule has 0 bridgehead atoms. The summed E-state index contributed by atoms with van der Waals surface area (Å²) in [5.41, 5.74) is 0.423. The Morgan fingerprint density at radius 1 is 0.733 bits per heavy atom. The maximum atomic E-state index is 13.2. The molecule has 7 heteroatoms. The van der Waals surface area contributed by atoms with Gasteiger partial charge in [-0.15, -0.1) is 11.8 Å². The minimum Gasteiger partial charge on any atom is -0.444 e. The van der Waals surface area contributed by atoms with Gasteiger partial charge in [0.25, 0.3) is 8.32 Å². The summed E-state index contributed by atoms with van der Waals surface area (Å²) in [7, 11) is -2.86. The van der Waals surface area contributed by atoms with E-state index in [1.807, 2.05) is 69.3 Å². The summed E-state index contributed by atoms with van der Waals surface area (Å²) in [4.78, 5) is 14.3. The van der Waals surface area contributed by atoms with Gasteiger partial charge in [-0.2, -0.15) is 0 Å². The summed E-state index contributed by atoms with van der Waals surface area (Å²) in [5, 5.41) is 5.35. The lowest BCUT2D eigenvalue weighted by molar-refractivity contribution is -0.0150. The molecule has 4 aromatic rings. The van der Waals surface area contributed by atoms with Gasteiger partial charge in [0.05, 0.1) is 19.3 Å². The van der Waals surface area contributed by atoms with Crippen LogP contribution < -0.4 is 15.7 Å². The highest BCUT2D eigenvalue weighted by Crippen LogP contribution is 2.37. The number of ether oxygens (including phenoxy) is 2. The number of amides is 1. The second kappa shape index (κ2) is 15.8. The highest BCUT2D eigenvalue weighted by Gasteiger charge is 2.50. The summed E-state index contributed by atoms with van der Waals surface area (Å²) >= 11 is 1.68. The number of rotatable bonds is 13. The molecular weight excluding hydrogens is 595 g/mol. The molecule has 0 radical (unpaired) electrons. The van der Waals surface area contributed by atoms with Crippen LogP contribution in [0.25, 0.3) is 0 Å². The van der Waals surface area contributed by atoms with Crippen LogP contribution in [-0.2, 0) is 20.5 Å². The molecule has 45 heavy (non-hydrogen) atoms. The maximum absolute atomic E-state index is 13.2. The largest absolute Gasteiger partial charge is 0.444 e. The Kier molecular flexibility index (Phi) is 12.1. The molecule has 0 saturated carbocycles. The van der Waals surface area contributed by atoms with E-state index in [2.05, 4.69) is 98.9 Å².